The normalized spacial score (nSPS) is 10.6. The summed E-state index contributed by atoms with van der Waals surface area (Å²) in [5.74, 6) is -0.346. The van der Waals surface area contributed by atoms with E-state index in [9.17, 15) is 14.7 Å². The van der Waals surface area contributed by atoms with Gasteiger partial charge < -0.3 is 10.4 Å². The Balaban J connectivity index is 1.67. The van der Waals surface area contributed by atoms with Gasteiger partial charge in [0, 0.05) is 28.6 Å². The smallest absolute Gasteiger partial charge is 0.240 e. The monoisotopic (exact) mass is 403 g/mol. The van der Waals surface area contributed by atoms with E-state index in [1.54, 1.807) is 30.3 Å². The molecule has 0 heterocycles. The zero-order chi connectivity index (χ0) is 18.1. The first-order valence-corrected chi connectivity index (χ1v) is 8.49. The van der Waals surface area contributed by atoms with Gasteiger partial charge in [0.15, 0.2) is 0 Å². The molecule has 0 spiro atoms. The molecule has 25 heavy (non-hydrogen) atoms. The van der Waals surface area contributed by atoms with E-state index in [0.29, 0.717) is 17.7 Å². The lowest BCUT2D eigenvalue weighted by atomic mass is 10.2. The number of halogens is 1. The third kappa shape index (κ3) is 6.76. The van der Waals surface area contributed by atoms with E-state index in [-0.39, 0.29) is 30.4 Å². The van der Waals surface area contributed by atoms with E-state index in [4.69, 9.17) is 0 Å². The first-order chi connectivity index (χ1) is 12.0. The first kappa shape index (κ1) is 18.7. The van der Waals surface area contributed by atoms with Gasteiger partial charge >= 0.3 is 0 Å². The second-order valence-electron chi connectivity index (χ2n) is 5.26. The molecule has 0 fully saturated rings. The topological polar surface area (TPSA) is 90.8 Å². The molecule has 0 atom stereocenters. The number of phenols is 1. The molecule has 0 aliphatic rings. The van der Waals surface area contributed by atoms with Crippen LogP contribution in [-0.4, -0.2) is 23.1 Å². The summed E-state index contributed by atoms with van der Waals surface area (Å²) >= 11 is 3.33. The number of hydrogen-bond donors (Lipinski definition) is 3. The van der Waals surface area contributed by atoms with Crippen molar-refractivity contribution in [2.45, 2.75) is 19.3 Å². The molecule has 2 amide bonds. The summed E-state index contributed by atoms with van der Waals surface area (Å²) in [6.45, 7) is 0. The number of hydrazone groups is 1. The summed E-state index contributed by atoms with van der Waals surface area (Å²) in [6, 6.07) is 13.9. The molecular weight excluding hydrogens is 386 g/mol. The van der Waals surface area contributed by atoms with Gasteiger partial charge in [0.25, 0.3) is 0 Å². The van der Waals surface area contributed by atoms with E-state index in [1.165, 1.54) is 12.3 Å². The van der Waals surface area contributed by atoms with Crippen LogP contribution in [0.15, 0.2) is 58.1 Å². The van der Waals surface area contributed by atoms with Crippen molar-refractivity contribution in [2.24, 2.45) is 5.10 Å². The molecule has 0 saturated heterocycles. The number of phenolic OH excluding ortho intramolecular Hbond substituents is 1. The molecule has 0 saturated carbocycles. The molecule has 2 aromatic rings. The molecule has 0 aromatic heterocycles. The lowest BCUT2D eigenvalue weighted by Gasteiger charge is -2.05. The van der Waals surface area contributed by atoms with E-state index >= 15 is 0 Å². The van der Waals surface area contributed by atoms with Crippen molar-refractivity contribution in [3.05, 3.63) is 58.6 Å². The summed E-state index contributed by atoms with van der Waals surface area (Å²) in [5, 5.41) is 16.1. The third-order valence-corrected chi connectivity index (χ3v) is 3.79. The SMILES string of the molecule is O=C(CCCC(=O)Nc1ccc(Br)cc1)N/N=C\c1ccccc1O. The number of para-hydroxylation sites is 1. The van der Waals surface area contributed by atoms with E-state index < -0.39 is 0 Å². The van der Waals surface area contributed by atoms with Gasteiger partial charge in [-0.1, -0.05) is 28.1 Å². The average Bonchev–Trinajstić information content (AvgIpc) is 2.59. The number of benzene rings is 2. The van der Waals surface area contributed by atoms with Crippen LogP contribution in [0.3, 0.4) is 0 Å². The lowest BCUT2D eigenvalue weighted by Crippen LogP contribution is -2.18. The van der Waals surface area contributed by atoms with Gasteiger partial charge in [-0.05, 0) is 42.8 Å². The number of rotatable bonds is 7. The van der Waals surface area contributed by atoms with Crippen molar-refractivity contribution in [3.8, 4) is 5.75 Å². The van der Waals surface area contributed by atoms with E-state index in [0.717, 1.165) is 4.47 Å². The molecule has 2 aromatic carbocycles. The highest BCUT2D eigenvalue weighted by molar-refractivity contribution is 9.10. The maximum absolute atomic E-state index is 11.8. The van der Waals surface area contributed by atoms with Gasteiger partial charge in [-0.25, -0.2) is 5.43 Å². The highest BCUT2D eigenvalue weighted by Crippen LogP contribution is 2.14. The van der Waals surface area contributed by atoms with Gasteiger partial charge in [-0.2, -0.15) is 5.10 Å². The third-order valence-electron chi connectivity index (χ3n) is 3.27. The fraction of sp³-hybridized carbons (Fsp3) is 0.167. The van der Waals surface area contributed by atoms with Crippen LogP contribution >= 0.6 is 15.9 Å². The van der Waals surface area contributed by atoms with Gasteiger partial charge in [-0.3, -0.25) is 9.59 Å². The molecule has 0 aliphatic heterocycles. The minimum atomic E-state index is -0.289. The molecule has 6 nitrogen and oxygen atoms in total. The van der Waals surface area contributed by atoms with Gasteiger partial charge in [-0.15, -0.1) is 0 Å². The van der Waals surface area contributed by atoms with Gasteiger partial charge in [0.2, 0.25) is 11.8 Å². The van der Waals surface area contributed by atoms with E-state index in [2.05, 4.69) is 31.8 Å². The number of carbonyl (C=O) groups is 2. The Hall–Kier alpha value is -2.67. The summed E-state index contributed by atoms with van der Waals surface area (Å²) in [7, 11) is 0. The maximum atomic E-state index is 11.8. The first-order valence-electron chi connectivity index (χ1n) is 7.70. The Morgan fingerprint density at radius 3 is 2.44 bits per heavy atom. The summed E-state index contributed by atoms with van der Waals surface area (Å²) in [5.41, 5.74) is 3.59. The fourth-order valence-corrected chi connectivity index (χ4v) is 2.26. The number of amides is 2. The quantitative estimate of drug-likeness (QED) is 0.488. The van der Waals surface area contributed by atoms with Crippen molar-refractivity contribution in [1.29, 1.82) is 0 Å². The van der Waals surface area contributed by atoms with Crippen molar-refractivity contribution in [2.75, 3.05) is 5.32 Å². The van der Waals surface area contributed by atoms with Gasteiger partial charge in [0.1, 0.15) is 5.75 Å². The molecule has 2 rings (SSSR count). The van der Waals surface area contributed by atoms with Crippen LogP contribution in [0.1, 0.15) is 24.8 Å². The average molecular weight is 404 g/mol. The Kier molecular flexibility index (Phi) is 7.16. The van der Waals surface area contributed by atoms with Crippen molar-refractivity contribution in [3.63, 3.8) is 0 Å². The second kappa shape index (κ2) is 9.58. The number of aromatic hydroxyl groups is 1. The highest BCUT2D eigenvalue weighted by Gasteiger charge is 2.05. The van der Waals surface area contributed by atoms with Crippen LogP contribution in [0.25, 0.3) is 0 Å². The Labute approximate surface area is 154 Å². The molecule has 3 N–H and O–H groups in total. The Morgan fingerprint density at radius 1 is 1.04 bits per heavy atom. The lowest BCUT2D eigenvalue weighted by molar-refractivity contribution is -0.121. The van der Waals surface area contributed by atoms with Crippen LogP contribution in [0.5, 0.6) is 5.75 Å². The molecular formula is C18H18BrN3O3. The maximum Gasteiger partial charge on any atom is 0.240 e. The molecule has 130 valence electrons. The van der Waals surface area contributed by atoms with Crippen LogP contribution in [-0.2, 0) is 9.59 Å². The molecule has 0 aliphatic carbocycles. The summed E-state index contributed by atoms with van der Waals surface area (Å²) in [6.07, 6.45) is 2.21. The number of nitrogens with one attached hydrogen (secondary N) is 2. The van der Waals surface area contributed by atoms with E-state index in [1.807, 2.05) is 12.1 Å². The summed E-state index contributed by atoms with van der Waals surface area (Å²) < 4.78 is 0.937. The predicted octanol–water partition coefficient (Wildman–Crippen LogP) is 3.41. The standard InChI is InChI=1S/C18H18BrN3O3/c19-14-8-10-15(11-9-14)21-17(24)6-3-7-18(25)22-20-12-13-4-1-2-5-16(13)23/h1-2,4-5,8-12,23H,3,6-7H2,(H,21,24)(H,22,25)/b20-12-. The zero-order valence-electron chi connectivity index (χ0n) is 13.4. The minimum absolute atomic E-state index is 0.0881. The zero-order valence-corrected chi connectivity index (χ0v) is 15.0. The number of hydrogen-bond acceptors (Lipinski definition) is 4. The van der Waals surface area contributed by atoms with Crippen molar-refractivity contribution < 1.29 is 14.7 Å². The number of anilines is 1. The van der Waals surface area contributed by atoms with Crippen LogP contribution < -0.4 is 10.7 Å². The Bertz CT molecular complexity index is 760. The number of carbonyl (C=O) groups excluding carboxylic acids is 2. The molecule has 0 radical (unpaired) electrons. The molecule has 0 unspecified atom stereocenters. The summed E-state index contributed by atoms with van der Waals surface area (Å²) in [4.78, 5) is 23.5. The second-order valence-corrected chi connectivity index (χ2v) is 6.18. The van der Waals surface area contributed by atoms with Crippen LogP contribution in [0.2, 0.25) is 0 Å². The van der Waals surface area contributed by atoms with Crippen molar-refractivity contribution >= 4 is 39.6 Å². The van der Waals surface area contributed by atoms with Crippen LogP contribution in [0.4, 0.5) is 5.69 Å². The van der Waals surface area contributed by atoms with Gasteiger partial charge in [0.05, 0.1) is 6.21 Å². The number of nitrogens with zero attached hydrogens (tertiary/aromatic N) is 1. The minimum Gasteiger partial charge on any atom is -0.507 e. The molecule has 0 bridgehead atoms. The fourth-order valence-electron chi connectivity index (χ4n) is 1.99. The highest BCUT2D eigenvalue weighted by atomic mass is 79.9. The van der Waals surface area contributed by atoms with Crippen molar-refractivity contribution in [1.82, 2.24) is 5.43 Å². The van der Waals surface area contributed by atoms with Crippen LogP contribution in [0, 0.1) is 0 Å². The Morgan fingerprint density at radius 2 is 1.72 bits per heavy atom. The molecule has 7 heteroatoms. The largest absolute Gasteiger partial charge is 0.507 e. The predicted molar refractivity (Wildman–Crippen MR) is 100 cm³/mol.